The monoisotopic (exact) mass is 476 g/mol. The molecule has 5 nitrogen and oxygen atoms in total. The quantitative estimate of drug-likeness (QED) is 0.466. The molecule has 5 heteroatoms. The average Bonchev–Trinajstić information content (AvgIpc) is 3.18. The van der Waals surface area contributed by atoms with Crippen LogP contribution in [0.15, 0.2) is 0 Å². The first kappa shape index (κ1) is 25.0. The van der Waals surface area contributed by atoms with Crippen LogP contribution >= 0.6 is 0 Å². The van der Waals surface area contributed by atoms with Crippen LogP contribution in [0.5, 0.6) is 0 Å². The van der Waals surface area contributed by atoms with E-state index >= 15 is 0 Å². The summed E-state index contributed by atoms with van der Waals surface area (Å²) in [6.07, 6.45) is 8.29. The molecule has 0 spiro atoms. The van der Waals surface area contributed by atoms with Gasteiger partial charge in [-0.3, -0.25) is 4.79 Å². The van der Waals surface area contributed by atoms with E-state index in [1.165, 1.54) is 0 Å². The van der Waals surface area contributed by atoms with Crippen molar-refractivity contribution in [2.75, 3.05) is 6.61 Å². The number of aliphatic hydroxyl groups excluding tert-OH is 3. The molecule has 0 saturated heterocycles. The van der Waals surface area contributed by atoms with Gasteiger partial charge < -0.3 is 20.4 Å². The number of carboxylic acids is 1. The van der Waals surface area contributed by atoms with Gasteiger partial charge in [-0.1, -0.05) is 34.6 Å². The van der Waals surface area contributed by atoms with Gasteiger partial charge >= 0.3 is 5.97 Å². The average molecular weight is 477 g/mol. The second-order valence-electron chi connectivity index (χ2n) is 14.5. The predicted molar refractivity (Wildman–Crippen MR) is 131 cm³/mol. The summed E-state index contributed by atoms with van der Waals surface area (Å²) in [6.45, 7) is 11.8. The molecule has 5 aliphatic carbocycles. The molecule has 0 aromatic heterocycles. The lowest BCUT2D eigenvalue weighted by Crippen LogP contribution is -2.67. The Morgan fingerprint density at radius 3 is 2.21 bits per heavy atom. The highest BCUT2D eigenvalue weighted by Crippen LogP contribution is 2.77. The maximum absolute atomic E-state index is 12.7. The summed E-state index contributed by atoms with van der Waals surface area (Å²) in [5.41, 5.74) is -0.456. The topological polar surface area (TPSA) is 98.0 Å². The molecule has 0 radical (unpaired) electrons. The zero-order valence-electron chi connectivity index (χ0n) is 22.0. The fourth-order valence-corrected chi connectivity index (χ4v) is 11.6. The Hall–Kier alpha value is -0.650. The van der Waals surface area contributed by atoms with Gasteiger partial charge in [0.25, 0.3) is 0 Å². The van der Waals surface area contributed by atoms with E-state index in [2.05, 4.69) is 34.6 Å². The van der Waals surface area contributed by atoms with Crippen molar-refractivity contribution in [2.45, 2.75) is 111 Å². The minimum absolute atomic E-state index is 0.0332. The second-order valence-corrected chi connectivity index (χ2v) is 14.5. The first-order chi connectivity index (χ1) is 15.8. The summed E-state index contributed by atoms with van der Waals surface area (Å²) in [5, 5.41) is 41.9. The van der Waals surface area contributed by atoms with E-state index in [1.54, 1.807) is 0 Å². The van der Waals surface area contributed by atoms with Gasteiger partial charge in [-0.2, -0.15) is 0 Å². The number of rotatable bonds is 3. The number of fused-ring (bicyclic) bond motifs is 7. The van der Waals surface area contributed by atoms with Crippen molar-refractivity contribution in [3.8, 4) is 0 Å². The normalized spacial score (nSPS) is 54.8. The van der Waals surface area contributed by atoms with Crippen molar-refractivity contribution in [3.05, 3.63) is 0 Å². The zero-order valence-corrected chi connectivity index (χ0v) is 22.0. The Bertz CT molecular complexity index is 840. The smallest absolute Gasteiger partial charge is 0.309 e. The fraction of sp³-hybridized carbons (Fsp3) is 0.966. The second kappa shape index (κ2) is 7.68. The van der Waals surface area contributed by atoms with E-state index in [1.807, 2.05) is 0 Å². The molecule has 0 amide bonds. The molecule has 34 heavy (non-hydrogen) atoms. The minimum Gasteiger partial charge on any atom is -0.481 e. The molecule has 194 valence electrons. The van der Waals surface area contributed by atoms with Gasteiger partial charge in [0.2, 0.25) is 0 Å². The molecule has 5 saturated carbocycles. The summed E-state index contributed by atoms with van der Waals surface area (Å²) >= 11 is 0. The summed E-state index contributed by atoms with van der Waals surface area (Å²) in [6, 6.07) is 0. The van der Waals surface area contributed by atoms with Crippen molar-refractivity contribution in [1.29, 1.82) is 0 Å². The zero-order chi connectivity index (χ0) is 24.9. The third kappa shape index (κ3) is 2.87. The highest BCUT2D eigenvalue weighted by molar-refractivity contribution is 5.76. The van der Waals surface area contributed by atoms with Crippen molar-refractivity contribution in [2.24, 2.45) is 56.7 Å². The van der Waals surface area contributed by atoms with E-state index in [4.69, 9.17) is 0 Å². The molecule has 5 aliphatic rings. The first-order valence-electron chi connectivity index (χ1n) is 14.0. The Labute approximate surface area is 205 Å². The van der Waals surface area contributed by atoms with E-state index in [0.717, 1.165) is 44.9 Å². The summed E-state index contributed by atoms with van der Waals surface area (Å²) in [4.78, 5) is 12.7. The van der Waals surface area contributed by atoms with Crippen LogP contribution in [0.2, 0.25) is 0 Å². The molecule has 0 heterocycles. The molecule has 0 bridgehead atoms. The van der Waals surface area contributed by atoms with Crippen LogP contribution in [0.25, 0.3) is 0 Å². The first-order valence-corrected chi connectivity index (χ1v) is 14.0. The summed E-state index contributed by atoms with van der Waals surface area (Å²) in [5.74, 6) is 0.499. The third-order valence-corrected chi connectivity index (χ3v) is 13.6. The van der Waals surface area contributed by atoms with Crippen molar-refractivity contribution < 1.29 is 25.2 Å². The molecule has 4 N–H and O–H groups in total. The van der Waals surface area contributed by atoms with Gasteiger partial charge in [0.05, 0.1) is 24.2 Å². The standard InChI is InChI=1S/C29H48O5/c1-25(2)20-9-12-28(5)21(26(20,3)11-10-22(25)32)7-6-18-23-17(19(31)16-30)8-13-29(23,24(33)34)15-14-27(18,28)4/h17-23,30-32H,6-16H2,1-5H3,(H,33,34)/t17-,18?,19?,20?,21?,22-,23?,26-,27+,28+,29-/m0/s1. The van der Waals surface area contributed by atoms with Gasteiger partial charge in [-0.05, 0) is 115 Å². The molecule has 5 unspecified atom stereocenters. The maximum Gasteiger partial charge on any atom is 0.309 e. The molecule has 11 atom stereocenters. The summed E-state index contributed by atoms with van der Waals surface area (Å²) in [7, 11) is 0. The summed E-state index contributed by atoms with van der Waals surface area (Å²) < 4.78 is 0. The molecule has 5 fully saturated rings. The van der Waals surface area contributed by atoms with Crippen molar-refractivity contribution in [3.63, 3.8) is 0 Å². The number of hydrogen-bond donors (Lipinski definition) is 4. The van der Waals surface area contributed by atoms with Crippen LogP contribution in [-0.2, 0) is 4.79 Å². The van der Waals surface area contributed by atoms with Crippen LogP contribution in [0, 0.1) is 56.7 Å². The van der Waals surface area contributed by atoms with Crippen LogP contribution in [0.3, 0.4) is 0 Å². The van der Waals surface area contributed by atoms with E-state index < -0.39 is 17.5 Å². The predicted octanol–water partition coefficient (Wildman–Crippen LogP) is 4.87. The highest BCUT2D eigenvalue weighted by atomic mass is 16.4. The van der Waals surface area contributed by atoms with Crippen LogP contribution < -0.4 is 0 Å². The Balaban J connectivity index is 1.55. The molecule has 5 rings (SSSR count). The molecule has 0 aromatic carbocycles. The molecule has 0 aliphatic heterocycles. The van der Waals surface area contributed by atoms with Gasteiger partial charge in [-0.15, -0.1) is 0 Å². The number of aliphatic carboxylic acids is 1. The fourth-order valence-electron chi connectivity index (χ4n) is 11.6. The van der Waals surface area contributed by atoms with Crippen LogP contribution in [-0.4, -0.2) is 45.2 Å². The van der Waals surface area contributed by atoms with Crippen molar-refractivity contribution in [1.82, 2.24) is 0 Å². The van der Waals surface area contributed by atoms with Gasteiger partial charge in [0.15, 0.2) is 0 Å². The number of carboxylic acid groups (broad SMARTS) is 1. The Morgan fingerprint density at radius 2 is 1.56 bits per heavy atom. The highest BCUT2D eigenvalue weighted by Gasteiger charge is 2.72. The lowest BCUT2D eigenvalue weighted by atomic mass is 9.32. The van der Waals surface area contributed by atoms with E-state index in [9.17, 15) is 25.2 Å². The number of aliphatic hydroxyl groups is 3. The van der Waals surface area contributed by atoms with Gasteiger partial charge in [0.1, 0.15) is 0 Å². The van der Waals surface area contributed by atoms with Crippen LogP contribution in [0.4, 0.5) is 0 Å². The molecular formula is C29H48O5. The minimum atomic E-state index is -0.826. The Kier molecular flexibility index (Phi) is 5.65. The third-order valence-electron chi connectivity index (χ3n) is 13.6. The van der Waals surface area contributed by atoms with Crippen LogP contribution in [0.1, 0.15) is 98.8 Å². The SMILES string of the molecule is CC1(C)C2CC[C@]3(C)C(CCC4C5[C@H](C(O)CO)CC[C@]5(C(=O)O)CC[C@]43C)[C@@]2(C)CC[C@@H]1O. The largest absolute Gasteiger partial charge is 0.481 e. The number of hydrogen-bond acceptors (Lipinski definition) is 4. The van der Waals surface area contributed by atoms with Crippen molar-refractivity contribution >= 4 is 5.97 Å². The molecule has 0 aromatic rings. The van der Waals surface area contributed by atoms with Gasteiger partial charge in [-0.25, -0.2) is 0 Å². The maximum atomic E-state index is 12.7. The lowest BCUT2D eigenvalue weighted by molar-refractivity contribution is -0.250. The lowest BCUT2D eigenvalue weighted by Gasteiger charge is -2.72. The van der Waals surface area contributed by atoms with E-state index in [-0.39, 0.29) is 52.1 Å². The molecular weight excluding hydrogens is 428 g/mol. The van der Waals surface area contributed by atoms with Gasteiger partial charge in [0, 0.05) is 0 Å². The van der Waals surface area contributed by atoms with E-state index in [0.29, 0.717) is 31.1 Å². The number of carbonyl (C=O) groups is 1. The Morgan fingerprint density at radius 1 is 0.853 bits per heavy atom.